The molecule has 0 aromatic heterocycles. The molecule has 1 aliphatic rings. The Hall–Kier alpha value is -1.84. The number of aliphatic hydroxyl groups is 1. The number of hydrogen-bond donors (Lipinski definition) is 2. The third-order valence-electron chi connectivity index (χ3n) is 5.01. The van der Waals surface area contributed by atoms with Gasteiger partial charge in [0.15, 0.2) is 6.04 Å². The summed E-state index contributed by atoms with van der Waals surface area (Å²) in [5, 5.41) is 20.9. The standard InChI is InChI=1S/C20H21Cl2NO6S/c1-20(26)9-2-10-23(18(20)19(24)25)30(27,28)16-7-5-15(6-8-16)29-12-13-3-4-14(21)11-17(13)22/h3-8,11,18,26H,2,9-10,12H2,1H3,(H,24,25). The van der Waals surface area contributed by atoms with Crippen LogP contribution in [0.5, 0.6) is 5.75 Å². The van der Waals surface area contributed by atoms with Crippen molar-refractivity contribution in [2.45, 2.75) is 42.9 Å². The Kier molecular flexibility index (Phi) is 6.64. The lowest BCUT2D eigenvalue weighted by Gasteiger charge is -2.41. The summed E-state index contributed by atoms with van der Waals surface area (Å²) in [4.78, 5) is 11.6. The van der Waals surface area contributed by atoms with E-state index in [-0.39, 0.29) is 24.5 Å². The predicted molar refractivity (Wildman–Crippen MR) is 112 cm³/mol. The molecule has 2 N–H and O–H groups in total. The molecule has 0 bridgehead atoms. The van der Waals surface area contributed by atoms with Crippen LogP contribution in [0.4, 0.5) is 0 Å². The fourth-order valence-corrected chi connectivity index (χ4v) is 5.64. The Morgan fingerprint density at radius 2 is 1.90 bits per heavy atom. The molecule has 1 fully saturated rings. The van der Waals surface area contributed by atoms with Gasteiger partial charge in [-0.15, -0.1) is 0 Å². The van der Waals surface area contributed by atoms with E-state index in [1.165, 1.54) is 31.2 Å². The van der Waals surface area contributed by atoms with Crippen molar-refractivity contribution in [1.29, 1.82) is 0 Å². The van der Waals surface area contributed by atoms with Crippen molar-refractivity contribution in [3.8, 4) is 5.75 Å². The molecular weight excluding hydrogens is 453 g/mol. The van der Waals surface area contributed by atoms with E-state index in [0.717, 1.165) is 9.87 Å². The van der Waals surface area contributed by atoms with Crippen molar-refractivity contribution >= 4 is 39.2 Å². The van der Waals surface area contributed by atoms with Gasteiger partial charge in [0.25, 0.3) is 0 Å². The monoisotopic (exact) mass is 473 g/mol. The first-order valence-corrected chi connectivity index (χ1v) is 11.4. The number of piperidine rings is 1. The second-order valence-corrected chi connectivity index (χ2v) is 10.0. The molecule has 1 saturated heterocycles. The average molecular weight is 474 g/mol. The SMILES string of the molecule is CC1(O)CCCN(S(=O)(=O)c2ccc(OCc3ccc(Cl)cc3Cl)cc2)C1C(=O)O. The van der Waals surface area contributed by atoms with Crippen LogP contribution in [0.25, 0.3) is 0 Å². The van der Waals surface area contributed by atoms with Crippen LogP contribution >= 0.6 is 23.2 Å². The Morgan fingerprint density at radius 1 is 1.23 bits per heavy atom. The molecule has 0 spiro atoms. The highest BCUT2D eigenvalue weighted by Gasteiger charge is 2.49. The first-order chi connectivity index (χ1) is 14.0. The van der Waals surface area contributed by atoms with E-state index in [2.05, 4.69) is 0 Å². The molecule has 2 unspecified atom stereocenters. The number of ether oxygens (including phenoxy) is 1. The number of benzene rings is 2. The summed E-state index contributed by atoms with van der Waals surface area (Å²) in [6.45, 7) is 1.52. The molecule has 3 rings (SSSR count). The number of aliphatic carboxylic acids is 1. The van der Waals surface area contributed by atoms with Crippen LogP contribution in [0.15, 0.2) is 47.4 Å². The number of carboxylic acids is 1. The lowest BCUT2D eigenvalue weighted by Crippen LogP contribution is -2.60. The van der Waals surface area contributed by atoms with E-state index in [9.17, 15) is 23.4 Å². The van der Waals surface area contributed by atoms with Crippen molar-refractivity contribution < 1.29 is 28.2 Å². The molecule has 162 valence electrons. The number of rotatable bonds is 6. The van der Waals surface area contributed by atoms with Gasteiger partial charge in [-0.1, -0.05) is 29.3 Å². The quantitative estimate of drug-likeness (QED) is 0.664. The lowest BCUT2D eigenvalue weighted by atomic mass is 9.88. The molecule has 2 aromatic rings. The summed E-state index contributed by atoms with van der Waals surface area (Å²) in [6.07, 6.45) is 0.565. The topological polar surface area (TPSA) is 104 Å². The summed E-state index contributed by atoms with van der Waals surface area (Å²) in [5.74, 6) is -0.969. The van der Waals surface area contributed by atoms with Gasteiger partial charge in [0.2, 0.25) is 10.0 Å². The second kappa shape index (κ2) is 8.72. The maximum absolute atomic E-state index is 13.0. The summed E-state index contributed by atoms with van der Waals surface area (Å²) >= 11 is 12.0. The van der Waals surface area contributed by atoms with Crippen LogP contribution in [-0.2, 0) is 21.4 Å². The van der Waals surface area contributed by atoms with Crippen LogP contribution < -0.4 is 4.74 Å². The van der Waals surface area contributed by atoms with E-state index < -0.39 is 27.6 Å². The predicted octanol–water partition coefficient (Wildman–Crippen LogP) is 3.56. The summed E-state index contributed by atoms with van der Waals surface area (Å²) < 4.78 is 32.6. The number of carboxylic acid groups (broad SMARTS) is 1. The van der Waals surface area contributed by atoms with Gasteiger partial charge in [-0.2, -0.15) is 4.31 Å². The molecule has 0 saturated carbocycles. The van der Waals surface area contributed by atoms with E-state index >= 15 is 0 Å². The number of carbonyl (C=O) groups is 1. The maximum Gasteiger partial charge on any atom is 0.325 e. The van der Waals surface area contributed by atoms with Crippen LogP contribution in [-0.4, -0.2) is 47.1 Å². The molecule has 2 aromatic carbocycles. The van der Waals surface area contributed by atoms with Gasteiger partial charge in [-0.05, 0) is 56.2 Å². The highest BCUT2D eigenvalue weighted by Crippen LogP contribution is 2.33. The molecule has 1 heterocycles. The van der Waals surface area contributed by atoms with Crippen molar-refractivity contribution in [3.63, 3.8) is 0 Å². The van der Waals surface area contributed by atoms with Crippen molar-refractivity contribution in [3.05, 3.63) is 58.1 Å². The molecule has 0 radical (unpaired) electrons. The van der Waals surface area contributed by atoms with Gasteiger partial charge in [0.1, 0.15) is 12.4 Å². The van der Waals surface area contributed by atoms with Gasteiger partial charge in [-0.25, -0.2) is 8.42 Å². The molecule has 7 nitrogen and oxygen atoms in total. The van der Waals surface area contributed by atoms with Crippen LogP contribution in [0, 0.1) is 0 Å². The van der Waals surface area contributed by atoms with Gasteiger partial charge in [-0.3, -0.25) is 4.79 Å². The molecule has 0 aliphatic carbocycles. The second-order valence-electron chi connectivity index (χ2n) is 7.31. The number of nitrogens with zero attached hydrogens (tertiary/aromatic N) is 1. The molecule has 30 heavy (non-hydrogen) atoms. The van der Waals surface area contributed by atoms with Crippen molar-refractivity contribution in [1.82, 2.24) is 4.31 Å². The Labute approximate surface area is 184 Å². The number of halogens is 2. The normalized spacial score (nSPS) is 22.6. The zero-order valence-corrected chi connectivity index (χ0v) is 18.4. The highest BCUT2D eigenvalue weighted by molar-refractivity contribution is 7.89. The fourth-order valence-electron chi connectivity index (χ4n) is 3.46. The smallest absolute Gasteiger partial charge is 0.325 e. The number of sulfonamides is 1. The zero-order chi connectivity index (χ0) is 22.1. The summed E-state index contributed by atoms with van der Waals surface area (Å²) in [7, 11) is -4.12. The minimum atomic E-state index is -4.12. The third kappa shape index (κ3) is 4.73. The van der Waals surface area contributed by atoms with E-state index in [1.807, 2.05) is 0 Å². The maximum atomic E-state index is 13.0. The number of hydrogen-bond acceptors (Lipinski definition) is 5. The Morgan fingerprint density at radius 3 is 2.50 bits per heavy atom. The molecule has 1 aliphatic heterocycles. The van der Waals surface area contributed by atoms with Crippen molar-refractivity contribution in [2.75, 3.05) is 6.54 Å². The Balaban J connectivity index is 1.78. The van der Waals surface area contributed by atoms with Gasteiger partial charge >= 0.3 is 5.97 Å². The van der Waals surface area contributed by atoms with Crippen LogP contribution in [0.3, 0.4) is 0 Å². The first-order valence-electron chi connectivity index (χ1n) is 9.16. The molecule has 0 amide bonds. The summed E-state index contributed by atoms with van der Waals surface area (Å²) in [6, 6.07) is 9.12. The molecule has 10 heteroatoms. The van der Waals surface area contributed by atoms with E-state index in [1.54, 1.807) is 18.2 Å². The van der Waals surface area contributed by atoms with Gasteiger partial charge < -0.3 is 14.9 Å². The van der Waals surface area contributed by atoms with Gasteiger partial charge in [0, 0.05) is 22.2 Å². The van der Waals surface area contributed by atoms with Gasteiger partial charge in [0.05, 0.1) is 10.5 Å². The average Bonchev–Trinajstić information content (AvgIpc) is 2.66. The minimum absolute atomic E-state index is 0.0166. The van der Waals surface area contributed by atoms with E-state index in [4.69, 9.17) is 27.9 Å². The minimum Gasteiger partial charge on any atom is -0.489 e. The largest absolute Gasteiger partial charge is 0.489 e. The lowest BCUT2D eigenvalue weighted by molar-refractivity contribution is -0.153. The van der Waals surface area contributed by atoms with Crippen LogP contribution in [0.2, 0.25) is 10.0 Å². The Bertz CT molecular complexity index is 1040. The molecule has 2 atom stereocenters. The van der Waals surface area contributed by atoms with Crippen molar-refractivity contribution in [2.24, 2.45) is 0 Å². The van der Waals surface area contributed by atoms with Crippen LogP contribution in [0.1, 0.15) is 25.3 Å². The first kappa shape index (κ1) is 22.8. The third-order valence-corrected chi connectivity index (χ3v) is 7.48. The fraction of sp³-hybridized carbons (Fsp3) is 0.350. The highest BCUT2D eigenvalue weighted by atomic mass is 35.5. The summed E-state index contributed by atoms with van der Waals surface area (Å²) in [5.41, 5.74) is -0.935. The van der Waals surface area contributed by atoms with E-state index in [0.29, 0.717) is 22.2 Å². The zero-order valence-electron chi connectivity index (χ0n) is 16.1. The molecular formula is C20H21Cl2NO6S.